The van der Waals surface area contributed by atoms with Crippen molar-refractivity contribution in [3.8, 4) is 11.5 Å². The first-order chi connectivity index (χ1) is 13.8. The van der Waals surface area contributed by atoms with E-state index in [1.165, 1.54) is 26.3 Å². The standard InChI is InChI=1S/C19H15IN2O6S/c1-21-18(23)16(29-19(21)24)9-12-7-14(20)17(15(8-12)27-2)28-10-11-3-5-13(6-4-11)22(25)26/h3-9H,10H2,1-2H3/b16-9-. The van der Waals surface area contributed by atoms with Gasteiger partial charge in [0.15, 0.2) is 11.5 Å². The van der Waals surface area contributed by atoms with Gasteiger partial charge in [-0.15, -0.1) is 0 Å². The summed E-state index contributed by atoms with van der Waals surface area (Å²) in [5.74, 6) is 0.653. The zero-order valence-electron chi connectivity index (χ0n) is 15.4. The van der Waals surface area contributed by atoms with Crippen molar-refractivity contribution >= 4 is 57.3 Å². The molecule has 1 fully saturated rings. The summed E-state index contributed by atoms with van der Waals surface area (Å²) < 4.78 is 12.0. The molecule has 10 heteroatoms. The fourth-order valence-corrected chi connectivity index (χ4v) is 4.14. The highest BCUT2D eigenvalue weighted by molar-refractivity contribution is 14.1. The van der Waals surface area contributed by atoms with Crippen molar-refractivity contribution < 1.29 is 24.0 Å². The molecule has 1 saturated heterocycles. The van der Waals surface area contributed by atoms with Gasteiger partial charge in [0.1, 0.15) is 6.61 Å². The highest BCUT2D eigenvalue weighted by Crippen LogP contribution is 2.37. The number of thioether (sulfide) groups is 1. The molecule has 2 aromatic rings. The second-order valence-corrected chi connectivity index (χ2v) is 8.14. The molecule has 0 saturated carbocycles. The second kappa shape index (κ2) is 8.82. The fourth-order valence-electron chi connectivity index (χ4n) is 2.53. The van der Waals surface area contributed by atoms with Gasteiger partial charge in [0.05, 0.1) is 20.5 Å². The van der Waals surface area contributed by atoms with Crippen LogP contribution >= 0.6 is 34.4 Å². The molecule has 0 radical (unpaired) electrons. The van der Waals surface area contributed by atoms with Crippen molar-refractivity contribution in [3.63, 3.8) is 0 Å². The van der Waals surface area contributed by atoms with Crippen molar-refractivity contribution in [3.05, 3.63) is 66.1 Å². The average molecular weight is 526 g/mol. The number of nitro groups is 1. The number of amides is 2. The lowest BCUT2D eigenvalue weighted by atomic mass is 10.1. The van der Waals surface area contributed by atoms with E-state index >= 15 is 0 Å². The van der Waals surface area contributed by atoms with Crippen molar-refractivity contribution in [1.82, 2.24) is 4.90 Å². The van der Waals surface area contributed by atoms with Gasteiger partial charge in [-0.2, -0.15) is 0 Å². The van der Waals surface area contributed by atoms with Crippen LogP contribution in [0.3, 0.4) is 0 Å². The molecule has 0 aliphatic carbocycles. The lowest BCUT2D eigenvalue weighted by molar-refractivity contribution is -0.384. The monoisotopic (exact) mass is 526 g/mol. The molecule has 150 valence electrons. The summed E-state index contributed by atoms with van der Waals surface area (Å²) in [6.45, 7) is 0.207. The Bertz CT molecular complexity index is 1020. The second-order valence-electron chi connectivity index (χ2n) is 5.99. The first-order valence-electron chi connectivity index (χ1n) is 8.25. The van der Waals surface area contributed by atoms with Crippen molar-refractivity contribution in [1.29, 1.82) is 0 Å². The Labute approximate surface area is 184 Å². The minimum absolute atomic E-state index is 0.0155. The molecule has 2 amide bonds. The molecule has 8 nitrogen and oxygen atoms in total. The lowest BCUT2D eigenvalue weighted by Crippen LogP contribution is -2.22. The summed E-state index contributed by atoms with van der Waals surface area (Å²) in [6, 6.07) is 9.64. The van der Waals surface area contributed by atoms with Crippen molar-refractivity contribution in [2.75, 3.05) is 14.2 Å². The average Bonchev–Trinajstić information content (AvgIpc) is 2.93. The Hall–Kier alpha value is -2.60. The predicted octanol–water partition coefficient (Wildman–Crippen LogP) is 4.45. The molecule has 3 rings (SSSR count). The smallest absolute Gasteiger partial charge is 0.293 e. The molecule has 0 N–H and O–H groups in total. The maximum Gasteiger partial charge on any atom is 0.293 e. The summed E-state index contributed by atoms with van der Waals surface area (Å²) in [6.07, 6.45) is 1.64. The van der Waals surface area contributed by atoms with Crippen LogP contribution in [0.5, 0.6) is 11.5 Å². The number of carbonyl (C=O) groups is 2. The van der Waals surface area contributed by atoms with Crippen LogP contribution in [-0.2, 0) is 11.4 Å². The van der Waals surface area contributed by atoms with E-state index in [1.807, 2.05) is 6.07 Å². The van der Waals surface area contributed by atoms with E-state index in [1.54, 1.807) is 24.3 Å². The number of benzene rings is 2. The summed E-state index contributed by atoms with van der Waals surface area (Å²) in [5.41, 5.74) is 1.49. The fraction of sp³-hybridized carbons (Fsp3) is 0.158. The van der Waals surface area contributed by atoms with Crippen LogP contribution in [0.2, 0.25) is 0 Å². The minimum Gasteiger partial charge on any atom is -0.493 e. The number of nitro benzene ring substituents is 1. The Kier molecular flexibility index (Phi) is 6.42. The lowest BCUT2D eigenvalue weighted by Gasteiger charge is -2.14. The van der Waals surface area contributed by atoms with Gasteiger partial charge in [-0.05, 0) is 75.8 Å². The number of ether oxygens (including phenoxy) is 2. The highest BCUT2D eigenvalue weighted by Gasteiger charge is 2.31. The van der Waals surface area contributed by atoms with Crippen molar-refractivity contribution in [2.24, 2.45) is 0 Å². The molecule has 1 aliphatic heterocycles. The maximum absolute atomic E-state index is 12.1. The summed E-state index contributed by atoms with van der Waals surface area (Å²) in [7, 11) is 2.95. The molecule has 29 heavy (non-hydrogen) atoms. The third-order valence-corrected chi connectivity index (χ3v) is 5.83. The Balaban J connectivity index is 1.81. The van der Waals surface area contributed by atoms with Crippen LogP contribution in [-0.4, -0.2) is 35.1 Å². The molecule has 0 bridgehead atoms. The first-order valence-corrected chi connectivity index (χ1v) is 10.1. The zero-order chi connectivity index (χ0) is 21.1. The number of likely N-dealkylation sites (N-methyl/N-ethyl adjacent to an activating group) is 1. The van der Waals surface area contributed by atoms with Gasteiger partial charge >= 0.3 is 0 Å². The van der Waals surface area contributed by atoms with Crippen LogP contribution in [0, 0.1) is 13.7 Å². The summed E-state index contributed by atoms with van der Waals surface area (Å²) in [4.78, 5) is 35.4. The van der Waals surface area contributed by atoms with E-state index in [-0.39, 0.29) is 23.4 Å². The molecular formula is C19H15IN2O6S. The number of non-ortho nitro benzene ring substituents is 1. The van der Waals surface area contributed by atoms with Gasteiger partial charge in [0.25, 0.3) is 16.8 Å². The number of methoxy groups -OCH3 is 1. The van der Waals surface area contributed by atoms with Gasteiger partial charge in [-0.1, -0.05) is 0 Å². The highest BCUT2D eigenvalue weighted by atomic mass is 127. The number of hydrogen-bond donors (Lipinski definition) is 0. The van der Waals surface area contributed by atoms with E-state index in [4.69, 9.17) is 9.47 Å². The van der Waals surface area contributed by atoms with E-state index < -0.39 is 4.92 Å². The van der Waals surface area contributed by atoms with Crippen LogP contribution in [0.15, 0.2) is 41.3 Å². The number of halogens is 1. The van der Waals surface area contributed by atoms with Crippen molar-refractivity contribution in [2.45, 2.75) is 6.61 Å². The molecule has 1 aliphatic rings. The number of imide groups is 1. The largest absolute Gasteiger partial charge is 0.493 e. The van der Waals surface area contributed by atoms with Gasteiger partial charge in [0.2, 0.25) is 0 Å². The Morgan fingerprint density at radius 2 is 1.93 bits per heavy atom. The Morgan fingerprint density at radius 3 is 2.48 bits per heavy atom. The SMILES string of the molecule is COc1cc(/C=C2\SC(=O)N(C)C2=O)cc(I)c1OCc1ccc([N+](=O)[O-])cc1. The van der Waals surface area contributed by atoms with Gasteiger partial charge in [-0.3, -0.25) is 24.6 Å². The molecule has 0 aromatic heterocycles. The minimum atomic E-state index is -0.456. The van der Waals surface area contributed by atoms with E-state index in [2.05, 4.69) is 22.6 Å². The molecule has 0 atom stereocenters. The first kappa shape index (κ1) is 21.1. The van der Waals surface area contributed by atoms with E-state index in [0.29, 0.717) is 22.0 Å². The Morgan fingerprint density at radius 1 is 1.24 bits per heavy atom. The molecular weight excluding hydrogens is 511 g/mol. The third-order valence-electron chi connectivity index (χ3n) is 4.07. The number of rotatable bonds is 6. The van der Waals surface area contributed by atoms with Crippen LogP contribution in [0.25, 0.3) is 6.08 Å². The maximum atomic E-state index is 12.1. The quantitative estimate of drug-likeness (QED) is 0.237. The third kappa shape index (κ3) is 4.70. The van der Waals surface area contributed by atoms with Gasteiger partial charge in [0, 0.05) is 19.2 Å². The van der Waals surface area contributed by atoms with E-state index in [9.17, 15) is 19.7 Å². The molecule has 0 unspecified atom stereocenters. The van der Waals surface area contributed by atoms with Crippen LogP contribution < -0.4 is 9.47 Å². The number of hydrogen-bond acceptors (Lipinski definition) is 7. The summed E-state index contributed by atoms with van der Waals surface area (Å²) >= 11 is 2.99. The zero-order valence-corrected chi connectivity index (χ0v) is 18.4. The number of carbonyl (C=O) groups excluding carboxylic acids is 2. The van der Waals surface area contributed by atoms with Gasteiger partial charge < -0.3 is 9.47 Å². The van der Waals surface area contributed by atoms with Gasteiger partial charge in [-0.25, -0.2) is 0 Å². The molecule has 0 spiro atoms. The number of nitrogens with zero attached hydrogens (tertiary/aromatic N) is 2. The predicted molar refractivity (Wildman–Crippen MR) is 117 cm³/mol. The van der Waals surface area contributed by atoms with Crippen LogP contribution in [0.1, 0.15) is 11.1 Å². The summed E-state index contributed by atoms with van der Waals surface area (Å²) in [5, 5.41) is 10.4. The van der Waals surface area contributed by atoms with Crippen LogP contribution in [0.4, 0.5) is 10.5 Å². The van der Waals surface area contributed by atoms with E-state index in [0.717, 1.165) is 25.8 Å². The molecule has 2 aromatic carbocycles. The topological polar surface area (TPSA) is 99.0 Å². The molecule has 1 heterocycles. The normalized spacial score (nSPS) is 15.1.